The number of pyridine rings is 1. The lowest BCUT2D eigenvalue weighted by Crippen LogP contribution is -2.18. The van der Waals surface area contributed by atoms with E-state index in [1.54, 1.807) is 37.2 Å². The van der Waals surface area contributed by atoms with Gasteiger partial charge in [0, 0.05) is 43.2 Å². The van der Waals surface area contributed by atoms with Gasteiger partial charge in [-0.25, -0.2) is 4.98 Å². The normalized spacial score (nSPS) is 10.9. The van der Waals surface area contributed by atoms with Crippen molar-refractivity contribution in [1.82, 2.24) is 15.3 Å². The average Bonchev–Trinajstić information content (AvgIpc) is 2.93. The van der Waals surface area contributed by atoms with Crippen molar-refractivity contribution in [2.75, 3.05) is 19.0 Å². The van der Waals surface area contributed by atoms with Gasteiger partial charge in [-0.3, -0.25) is 4.79 Å². The van der Waals surface area contributed by atoms with Crippen LogP contribution < -0.4 is 10.2 Å². The number of aromatic nitrogens is 2. The number of anilines is 1. The monoisotopic (exact) mass is 360 g/mol. The molecule has 25 heavy (non-hydrogen) atoms. The lowest BCUT2D eigenvalue weighted by molar-refractivity contribution is -0.119. The van der Waals surface area contributed by atoms with Gasteiger partial charge >= 0.3 is 0 Å². The number of aromatic amines is 1. The molecule has 0 aliphatic heterocycles. The summed E-state index contributed by atoms with van der Waals surface area (Å²) in [6, 6.07) is 8.98. The largest absolute Gasteiger partial charge is 0.374 e. The Labute approximate surface area is 149 Å². The predicted octanol–water partition coefficient (Wildman–Crippen LogP) is 3.72. The van der Waals surface area contributed by atoms with Crippen LogP contribution in [0, 0.1) is 5.95 Å². The second kappa shape index (κ2) is 6.72. The molecular formula is C18H18ClFN4O. The van der Waals surface area contributed by atoms with E-state index in [-0.39, 0.29) is 5.91 Å². The fraction of sp³-hybridized carbons (Fsp3) is 0.222. The van der Waals surface area contributed by atoms with Gasteiger partial charge in [0.05, 0.1) is 22.9 Å². The molecule has 0 aliphatic carbocycles. The zero-order valence-corrected chi connectivity index (χ0v) is 14.9. The predicted molar refractivity (Wildman–Crippen MR) is 98.3 cm³/mol. The van der Waals surface area contributed by atoms with E-state index in [9.17, 15) is 9.18 Å². The first-order valence-corrected chi connectivity index (χ1v) is 8.13. The Kier molecular flexibility index (Phi) is 4.63. The zero-order valence-electron chi connectivity index (χ0n) is 14.2. The molecular weight excluding hydrogens is 343 g/mol. The number of hydrogen-bond donors (Lipinski definition) is 2. The van der Waals surface area contributed by atoms with E-state index in [0.717, 1.165) is 16.6 Å². The quantitative estimate of drug-likeness (QED) is 0.697. The van der Waals surface area contributed by atoms with E-state index in [2.05, 4.69) is 15.3 Å². The third-order valence-corrected chi connectivity index (χ3v) is 4.19. The highest BCUT2D eigenvalue weighted by Gasteiger charge is 2.13. The van der Waals surface area contributed by atoms with Crippen LogP contribution in [0.25, 0.3) is 22.2 Å². The fourth-order valence-electron chi connectivity index (χ4n) is 2.63. The molecule has 1 aromatic carbocycles. The summed E-state index contributed by atoms with van der Waals surface area (Å²) in [5, 5.41) is 4.14. The van der Waals surface area contributed by atoms with Crippen LogP contribution >= 0.6 is 11.6 Å². The number of carbonyl (C=O) groups excluding carboxylic acids is 1. The molecule has 130 valence electrons. The molecule has 1 amide bonds. The highest BCUT2D eigenvalue weighted by molar-refractivity contribution is 6.34. The lowest BCUT2D eigenvalue weighted by Gasteiger charge is -2.13. The first-order valence-electron chi connectivity index (χ1n) is 7.75. The molecule has 0 saturated heterocycles. The maximum Gasteiger partial charge on any atom is 0.236 e. The van der Waals surface area contributed by atoms with Crippen molar-refractivity contribution in [3.63, 3.8) is 0 Å². The number of rotatable bonds is 4. The van der Waals surface area contributed by atoms with Gasteiger partial charge in [0.1, 0.15) is 0 Å². The number of nitrogens with one attached hydrogen (secondary N) is 2. The van der Waals surface area contributed by atoms with Crippen LogP contribution in [0.3, 0.4) is 0 Å². The highest BCUT2D eigenvalue weighted by Crippen LogP contribution is 2.32. The summed E-state index contributed by atoms with van der Waals surface area (Å²) in [5.41, 5.74) is 3.23. The number of H-pyrrole nitrogens is 1. The molecule has 0 atom stereocenters. The van der Waals surface area contributed by atoms with Gasteiger partial charge in [0.2, 0.25) is 11.9 Å². The number of benzene rings is 1. The molecule has 0 spiro atoms. The molecule has 2 N–H and O–H groups in total. The van der Waals surface area contributed by atoms with Crippen molar-refractivity contribution in [2.24, 2.45) is 0 Å². The third-order valence-electron chi connectivity index (χ3n) is 3.88. The molecule has 0 bridgehead atoms. The van der Waals surface area contributed by atoms with E-state index in [0.29, 0.717) is 28.5 Å². The number of fused-ring (bicyclic) bond motifs is 1. The van der Waals surface area contributed by atoms with Crippen LogP contribution in [-0.2, 0) is 11.3 Å². The Morgan fingerprint density at radius 3 is 2.72 bits per heavy atom. The minimum Gasteiger partial charge on any atom is -0.374 e. The molecule has 3 aromatic rings. The fourth-order valence-corrected chi connectivity index (χ4v) is 2.90. The standard InChI is InChI=1S/C18H18ClFN4O/c1-10(25)21-9-12-6-11-7-14(19)13(8-16(11)22-12)15-4-5-17(24(2)3)18(20)23-15/h4-8,22H,9H2,1-3H3,(H,21,25). The van der Waals surface area contributed by atoms with Crippen LogP contribution in [-0.4, -0.2) is 30.0 Å². The second-order valence-electron chi connectivity index (χ2n) is 6.02. The lowest BCUT2D eigenvalue weighted by atomic mass is 10.1. The van der Waals surface area contributed by atoms with Crippen LogP contribution in [0.4, 0.5) is 10.1 Å². The summed E-state index contributed by atoms with van der Waals surface area (Å²) in [5.74, 6) is -0.644. The molecule has 0 aliphatic rings. The topological polar surface area (TPSA) is 61.0 Å². The second-order valence-corrected chi connectivity index (χ2v) is 6.43. The summed E-state index contributed by atoms with van der Waals surface area (Å²) < 4.78 is 14.2. The minimum atomic E-state index is -0.545. The van der Waals surface area contributed by atoms with E-state index in [4.69, 9.17) is 11.6 Å². The van der Waals surface area contributed by atoms with Gasteiger partial charge in [-0.1, -0.05) is 11.6 Å². The van der Waals surface area contributed by atoms with Gasteiger partial charge in [-0.2, -0.15) is 4.39 Å². The maximum absolute atomic E-state index is 14.2. The van der Waals surface area contributed by atoms with Crippen molar-refractivity contribution in [3.05, 3.63) is 47.0 Å². The SMILES string of the molecule is CC(=O)NCc1cc2cc(Cl)c(-c3ccc(N(C)C)c(F)n3)cc2[nH]1. The number of halogens is 2. The first-order chi connectivity index (χ1) is 11.8. The summed E-state index contributed by atoms with van der Waals surface area (Å²) in [4.78, 5) is 20.0. The number of carbonyl (C=O) groups is 1. The van der Waals surface area contributed by atoms with E-state index in [1.807, 2.05) is 12.1 Å². The summed E-state index contributed by atoms with van der Waals surface area (Å²) in [7, 11) is 3.52. The van der Waals surface area contributed by atoms with E-state index < -0.39 is 5.95 Å². The minimum absolute atomic E-state index is 0.0990. The molecule has 7 heteroatoms. The van der Waals surface area contributed by atoms with Crippen molar-refractivity contribution < 1.29 is 9.18 Å². The van der Waals surface area contributed by atoms with Crippen LogP contribution in [0.1, 0.15) is 12.6 Å². The molecule has 2 aromatic heterocycles. The third kappa shape index (κ3) is 3.58. The maximum atomic E-state index is 14.2. The molecule has 3 rings (SSSR count). The molecule has 0 radical (unpaired) electrons. The van der Waals surface area contributed by atoms with E-state index >= 15 is 0 Å². The molecule has 0 fully saturated rings. The highest BCUT2D eigenvalue weighted by atomic mass is 35.5. The Morgan fingerprint density at radius 2 is 2.08 bits per heavy atom. The van der Waals surface area contributed by atoms with Gasteiger partial charge in [0.25, 0.3) is 0 Å². The zero-order chi connectivity index (χ0) is 18.1. The number of hydrogen-bond acceptors (Lipinski definition) is 3. The summed E-state index contributed by atoms with van der Waals surface area (Å²) in [6.07, 6.45) is 0. The molecule has 2 heterocycles. The molecule has 5 nitrogen and oxygen atoms in total. The van der Waals surface area contributed by atoms with Crippen LogP contribution in [0.15, 0.2) is 30.3 Å². The Hall–Kier alpha value is -2.60. The van der Waals surface area contributed by atoms with Crippen molar-refractivity contribution >= 4 is 34.1 Å². The average molecular weight is 361 g/mol. The number of amides is 1. The smallest absolute Gasteiger partial charge is 0.236 e. The Balaban J connectivity index is 2.00. The van der Waals surface area contributed by atoms with Crippen molar-refractivity contribution in [3.8, 4) is 11.3 Å². The van der Waals surface area contributed by atoms with Gasteiger partial charge < -0.3 is 15.2 Å². The van der Waals surface area contributed by atoms with E-state index in [1.165, 1.54) is 6.92 Å². The first kappa shape index (κ1) is 17.2. The van der Waals surface area contributed by atoms with Gasteiger partial charge in [-0.05, 0) is 30.3 Å². The summed E-state index contributed by atoms with van der Waals surface area (Å²) in [6.45, 7) is 1.87. The van der Waals surface area contributed by atoms with Crippen LogP contribution in [0.5, 0.6) is 0 Å². The summed E-state index contributed by atoms with van der Waals surface area (Å²) >= 11 is 6.37. The van der Waals surface area contributed by atoms with Crippen LogP contribution in [0.2, 0.25) is 5.02 Å². The molecule has 0 unspecified atom stereocenters. The van der Waals surface area contributed by atoms with Crippen molar-refractivity contribution in [2.45, 2.75) is 13.5 Å². The molecule has 0 saturated carbocycles. The number of nitrogens with zero attached hydrogens (tertiary/aromatic N) is 2. The Bertz CT molecular complexity index is 952. The van der Waals surface area contributed by atoms with Gasteiger partial charge in [0.15, 0.2) is 0 Å². The van der Waals surface area contributed by atoms with Crippen molar-refractivity contribution in [1.29, 1.82) is 0 Å². The van der Waals surface area contributed by atoms with Gasteiger partial charge in [-0.15, -0.1) is 0 Å². The Morgan fingerprint density at radius 1 is 1.32 bits per heavy atom.